The van der Waals surface area contributed by atoms with Gasteiger partial charge in [-0.25, -0.2) is 4.79 Å². The topological polar surface area (TPSA) is 149 Å². The molecule has 0 atom stereocenters. The molecule has 12 nitrogen and oxygen atoms in total. The van der Waals surface area contributed by atoms with Crippen molar-refractivity contribution in [3.63, 3.8) is 0 Å². The Hall–Kier alpha value is -3.12. The summed E-state index contributed by atoms with van der Waals surface area (Å²) in [5, 5.41) is 3.28. The highest BCUT2D eigenvalue weighted by atomic mass is 16.7. The van der Waals surface area contributed by atoms with Crippen LogP contribution in [0, 0.1) is 0 Å². The molecular formula is C22H31N3O9. The van der Waals surface area contributed by atoms with Crippen LogP contribution < -0.4 is 5.32 Å². The standard InChI is InChI=1S/C22H31N3O9/c26-17(5-2-1-3-12-24-18(27)7-8-19(24)28)23-11-14-33-16-15-32-13-4-6-22(31)34-25-20(29)9-10-21(25)30/h7-8H,1-6,9-16H2,(H,23,26). The minimum Gasteiger partial charge on any atom is -0.379 e. The molecule has 188 valence electrons. The molecular weight excluding hydrogens is 450 g/mol. The van der Waals surface area contributed by atoms with E-state index in [1.165, 1.54) is 17.1 Å². The lowest BCUT2D eigenvalue weighted by Gasteiger charge is -2.13. The zero-order valence-corrected chi connectivity index (χ0v) is 19.1. The summed E-state index contributed by atoms with van der Waals surface area (Å²) in [4.78, 5) is 74.9. The molecule has 0 radical (unpaired) electrons. The molecule has 1 N–H and O–H groups in total. The molecule has 12 heteroatoms. The first-order valence-corrected chi connectivity index (χ1v) is 11.4. The first-order valence-electron chi connectivity index (χ1n) is 11.4. The molecule has 1 saturated heterocycles. The molecule has 0 aromatic carbocycles. The monoisotopic (exact) mass is 481 g/mol. The second kappa shape index (κ2) is 14.9. The minimum atomic E-state index is -0.659. The fraction of sp³-hybridized carbons (Fsp3) is 0.636. The molecule has 0 aliphatic carbocycles. The number of hydroxylamine groups is 2. The van der Waals surface area contributed by atoms with Crippen LogP contribution in [0.3, 0.4) is 0 Å². The van der Waals surface area contributed by atoms with Gasteiger partial charge in [0.25, 0.3) is 23.6 Å². The number of hydrogen-bond donors (Lipinski definition) is 1. The van der Waals surface area contributed by atoms with E-state index in [4.69, 9.17) is 14.3 Å². The Kier molecular flexibility index (Phi) is 11.9. The third kappa shape index (κ3) is 9.79. The summed E-state index contributed by atoms with van der Waals surface area (Å²) in [6.45, 7) is 2.04. The van der Waals surface area contributed by atoms with Crippen LogP contribution in [0.2, 0.25) is 0 Å². The van der Waals surface area contributed by atoms with Gasteiger partial charge in [-0.2, -0.15) is 0 Å². The van der Waals surface area contributed by atoms with E-state index in [1.807, 2.05) is 0 Å². The lowest BCUT2D eigenvalue weighted by molar-refractivity contribution is -0.197. The summed E-state index contributed by atoms with van der Waals surface area (Å²) < 4.78 is 10.7. The van der Waals surface area contributed by atoms with Crippen LogP contribution in [0.1, 0.15) is 51.4 Å². The molecule has 34 heavy (non-hydrogen) atoms. The number of unbranched alkanes of at least 4 members (excludes halogenated alkanes) is 2. The molecule has 1 fully saturated rings. The van der Waals surface area contributed by atoms with Crippen LogP contribution in [0.4, 0.5) is 0 Å². The molecule has 2 aliphatic heterocycles. The quantitative estimate of drug-likeness (QED) is 0.224. The highest BCUT2D eigenvalue weighted by molar-refractivity contribution is 6.12. The van der Waals surface area contributed by atoms with Gasteiger partial charge in [0.1, 0.15) is 0 Å². The Morgan fingerprint density at radius 1 is 0.794 bits per heavy atom. The molecule has 0 unspecified atom stereocenters. The van der Waals surface area contributed by atoms with Gasteiger partial charge in [-0.15, -0.1) is 5.06 Å². The Labute approximate surface area is 197 Å². The van der Waals surface area contributed by atoms with Gasteiger partial charge in [0, 0.05) is 51.1 Å². The van der Waals surface area contributed by atoms with E-state index in [1.54, 1.807) is 0 Å². The van der Waals surface area contributed by atoms with Gasteiger partial charge in [-0.3, -0.25) is 28.9 Å². The molecule has 0 bridgehead atoms. The summed E-state index contributed by atoms with van der Waals surface area (Å²) in [6, 6.07) is 0. The fourth-order valence-corrected chi connectivity index (χ4v) is 3.18. The number of nitrogens with one attached hydrogen (secondary N) is 1. The van der Waals surface area contributed by atoms with Crippen molar-refractivity contribution < 1.29 is 43.1 Å². The van der Waals surface area contributed by atoms with E-state index in [0.29, 0.717) is 70.3 Å². The summed E-state index contributed by atoms with van der Waals surface area (Å²) in [5.74, 6) is -2.34. The Morgan fingerprint density at radius 2 is 1.44 bits per heavy atom. The number of imide groups is 2. The lowest BCUT2D eigenvalue weighted by atomic mass is 10.2. The van der Waals surface area contributed by atoms with Gasteiger partial charge in [-0.1, -0.05) is 6.42 Å². The Morgan fingerprint density at radius 3 is 2.12 bits per heavy atom. The van der Waals surface area contributed by atoms with Gasteiger partial charge >= 0.3 is 5.97 Å². The first kappa shape index (κ1) is 27.1. The molecule has 0 spiro atoms. The van der Waals surface area contributed by atoms with E-state index >= 15 is 0 Å². The van der Waals surface area contributed by atoms with Gasteiger partial charge < -0.3 is 19.6 Å². The smallest absolute Gasteiger partial charge is 0.333 e. The maximum atomic E-state index is 11.8. The molecule has 2 rings (SSSR count). The van der Waals surface area contributed by atoms with Crippen LogP contribution in [0.5, 0.6) is 0 Å². The van der Waals surface area contributed by atoms with Crippen molar-refractivity contribution in [3.8, 4) is 0 Å². The van der Waals surface area contributed by atoms with E-state index in [2.05, 4.69) is 5.32 Å². The molecule has 2 aliphatic rings. The number of carbonyl (C=O) groups excluding carboxylic acids is 6. The van der Waals surface area contributed by atoms with Crippen molar-refractivity contribution in [1.82, 2.24) is 15.3 Å². The van der Waals surface area contributed by atoms with Gasteiger partial charge in [0.15, 0.2) is 0 Å². The highest BCUT2D eigenvalue weighted by Crippen LogP contribution is 2.13. The molecule has 5 amide bonds. The Bertz CT molecular complexity index is 762. The molecule has 2 heterocycles. The second-order valence-electron chi connectivity index (χ2n) is 7.70. The highest BCUT2D eigenvalue weighted by Gasteiger charge is 2.32. The van der Waals surface area contributed by atoms with Crippen LogP contribution >= 0.6 is 0 Å². The maximum Gasteiger partial charge on any atom is 0.333 e. The largest absolute Gasteiger partial charge is 0.379 e. The number of amides is 5. The number of rotatable bonds is 17. The van der Waals surface area contributed by atoms with Crippen LogP contribution in [-0.4, -0.2) is 85.0 Å². The summed E-state index contributed by atoms with van der Waals surface area (Å²) >= 11 is 0. The van der Waals surface area contributed by atoms with Crippen molar-refractivity contribution in [2.45, 2.75) is 51.4 Å². The Balaban J connectivity index is 1.33. The summed E-state index contributed by atoms with van der Waals surface area (Å²) in [7, 11) is 0. The number of nitrogens with zero attached hydrogens (tertiary/aromatic N) is 2. The van der Waals surface area contributed by atoms with Crippen molar-refractivity contribution in [1.29, 1.82) is 0 Å². The van der Waals surface area contributed by atoms with E-state index in [-0.39, 0.29) is 37.0 Å². The molecule has 0 aromatic rings. The normalized spacial score (nSPS) is 15.5. The third-order valence-corrected chi connectivity index (χ3v) is 5.00. The second-order valence-corrected chi connectivity index (χ2v) is 7.70. The summed E-state index contributed by atoms with van der Waals surface area (Å²) in [5.41, 5.74) is 0. The zero-order valence-electron chi connectivity index (χ0n) is 19.1. The molecule has 0 aromatic heterocycles. The minimum absolute atomic E-state index is 0.0235. The van der Waals surface area contributed by atoms with E-state index in [0.717, 1.165) is 6.42 Å². The predicted octanol–water partition coefficient (Wildman–Crippen LogP) is 0.00860. The van der Waals surface area contributed by atoms with E-state index in [9.17, 15) is 28.8 Å². The van der Waals surface area contributed by atoms with Gasteiger partial charge in [-0.05, 0) is 19.3 Å². The number of ether oxygens (including phenoxy) is 2. The van der Waals surface area contributed by atoms with Gasteiger partial charge in [0.2, 0.25) is 5.91 Å². The third-order valence-electron chi connectivity index (χ3n) is 5.00. The van der Waals surface area contributed by atoms with Crippen LogP contribution in [0.15, 0.2) is 12.2 Å². The first-order chi connectivity index (χ1) is 16.4. The van der Waals surface area contributed by atoms with Crippen molar-refractivity contribution in [2.75, 3.05) is 39.5 Å². The SMILES string of the molecule is O=C(CCCCCN1C(=O)C=CC1=O)NCCOCCOCCCC(=O)ON1C(=O)CCC1=O. The predicted molar refractivity (Wildman–Crippen MR) is 115 cm³/mol. The fourth-order valence-electron chi connectivity index (χ4n) is 3.18. The van der Waals surface area contributed by atoms with E-state index < -0.39 is 17.8 Å². The van der Waals surface area contributed by atoms with Crippen LogP contribution in [-0.2, 0) is 43.1 Å². The van der Waals surface area contributed by atoms with Gasteiger partial charge in [0.05, 0.1) is 26.2 Å². The molecule has 0 saturated carbocycles. The maximum absolute atomic E-state index is 11.8. The average Bonchev–Trinajstić information content (AvgIpc) is 3.30. The van der Waals surface area contributed by atoms with Crippen molar-refractivity contribution >= 4 is 35.5 Å². The van der Waals surface area contributed by atoms with Crippen molar-refractivity contribution in [3.05, 3.63) is 12.2 Å². The average molecular weight is 482 g/mol. The number of carbonyl (C=O) groups is 6. The van der Waals surface area contributed by atoms with Crippen molar-refractivity contribution in [2.24, 2.45) is 0 Å². The lowest BCUT2D eigenvalue weighted by Crippen LogP contribution is -2.32. The summed E-state index contributed by atoms with van der Waals surface area (Å²) in [6.07, 6.45) is 5.48. The van der Waals surface area contributed by atoms with Crippen LogP contribution in [0.25, 0.3) is 0 Å². The zero-order chi connectivity index (χ0) is 24.8. The number of hydrogen-bond acceptors (Lipinski definition) is 9.